The third-order valence-electron chi connectivity index (χ3n) is 1.97. The summed E-state index contributed by atoms with van der Waals surface area (Å²) in [5, 5.41) is 0.952. The molecular formula is C9H12N4S. The second-order valence-electron chi connectivity index (χ2n) is 2.93. The van der Waals surface area contributed by atoms with Gasteiger partial charge in [-0.05, 0) is 12.1 Å². The molecular weight excluding hydrogens is 196 g/mol. The summed E-state index contributed by atoms with van der Waals surface area (Å²) in [6.45, 7) is 0.552. The zero-order valence-corrected chi connectivity index (χ0v) is 8.71. The topological polar surface area (TPSA) is 57.9 Å². The molecule has 0 aliphatic carbocycles. The number of aromatic nitrogens is 2. The van der Waals surface area contributed by atoms with Crippen molar-refractivity contribution in [2.75, 3.05) is 11.9 Å². The maximum atomic E-state index is 5.53. The van der Waals surface area contributed by atoms with E-state index in [2.05, 4.69) is 9.97 Å². The first kappa shape index (κ1) is 9.23. The molecule has 0 aliphatic heterocycles. The van der Waals surface area contributed by atoms with Crippen molar-refractivity contribution in [1.29, 1.82) is 0 Å². The Kier molecular flexibility index (Phi) is 2.51. The summed E-state index contributed by atoms with van der Waals surface area (Å²) in [7, 11) is 1.98. The molecule has 0 radical (unpaired) electrons. The van der Waals surface area contributed by atoms with Gasteiger partial charge in [-0.15, -0.1) is 11.3 Å². The fourth-order valence-electron chi connectivity index (χ4n) is 1.18. The molecule has 2 heterocycles. The van der Waals surface area contributed by atoms with Gasteiger partial charge < -0.3 is 15.6 Å². The van der Waals surface area contributed by atoms with Crippen LogP contribution in [0.25, 0.3) is 0 Å². The van der Waals surface area contributed by atoms with Crippen molar-refractivity contribution in [2.45, 2.75) is 6.54 Å². The molecule has 0 bridgehead atoms. The molecule has 0 aromatic carbocycles. The van der Waals surface area contributed by atoms with Crippen LogP contribution in [0.2, 0.25) is 0 Å². The molecule has 2 aromatic rings. The third kappa shape index (κ3) is 1.64. The fraction of sp³-hybridized carbons (Fsp3) is 0.222. The van der Waals surface area contributed by atoms with Gasteiger partial charge in [0.15, 0.2) is 5.13 Å². The van der Waals surface area contributed by atoms with Gasteiger partial charge in [-0.1, -0.05) is 0 Å². The summed E-state index contributed by atoms with van der Waals surface area (Å²) in [4.78, 5) is 10.5. The number of nitrogens with one attached hydrogen (secondary N) is 1. The van der Waals surface area contributed by atoms with E-state index < -0.39 is 0 Å². The number of hydrogen-bond donors (Lipinski definition) is 2. The normalized spacial score (nSPS) is 10.4. The number of anilines is 2. The van der Waals surface area contributed by atoms with Gasteiger partial charge in [0.2, 0.25) is 0 Å². The van der Waals surface area contributed by atoms with Crippen LogP contribution in [-0.2, 0) is 6.54 Å². The lowest BCUT2D eigenvalue weighted by molar-refractivity contribution is 1.09. The maximum absolute atomic E-state index is 5.53. The highest BCUT2D eigenvalue weighted by molar-refractivity contribution is 7.15. The van der Waals surface area contributed by atoms with Crippen LogP contribution in [0.5, 0.6) is 0 Å². The van der Waals surface area contributed by atoms with Crippen molar-refractivity contribution in [1.82, 2.24) is 9.97 Å². The summed E-state index contributed by atoms with van der Waals surface area (Å²) < 4.78 is 0. The molecule has 2 aromatic heterocycles. The van der Waals surface area contributed by atoms with E-state index in [-0.39, 0.29) is 0 Å². The van der Waals surface area contributed by atoms with Crippen molar-refractivity contribution >= 4 is 22.3 Å². The molecule has 2 rings (SSSR count). The number of hydrogen-bond acceptors (Lipinski definition) is 4. The van der Waals surface area contributed by atoms with E-state index in [4.69, 9.17) is 5.73 Å². The molecule has 14 heavy (non-hydrogen) atoms. The first-order chi connectivity index (χ1) is 6.81. The number of aromatic amines is 1. The molecule has 0 unspecified atom stereocenters. The molecule has 0 fully saturated rings. The summed E-state index contributed by atoms with van der Waals surface area (Å²) in [6, 6.07) is 3.97. The van der Waals surface area contributed by atoms with E-state index in [1.165, 1.54) is 0 Å². The lowest BCUT2D eigenvalue weighted by atomic mass is 10.6. The first-order valence-electron chi connectivity index (χ1n) is 4.33. The van der Waals surface area contributed by atoms with Crippen LogP contribution in [0.1, 0.15) is 4.88 Å². The SMILES string of the molecule is CN(c1ccc[nH]1)c1ncc(CN)s1. The van der Waals surface area contributed by atoms with Crippen molar-refractivity contribution < 1.29 is 0 Å². The van der Waals surface area contributed by atoms with Gasteiger partial charge in [-0.25, -0.2) is 4.98 Å². The number of rotatable bonds is 3. The van der Waals surface area contributed by atoms with E-state index in [1.807, 2.05) is 36.5 Å². The monoisotopic (exact) mass is 208 g/mol. The maximum Gasteiger partial charge on any atom is 0.190 e. The lowest BCUT2D eigenvalue weighted by Gasteiger charge is -2.12. The second-order valence-corrected chi connectivity index (χ2v) is 4.02. The highest BCUT2D eigenvalue weighted by Gasteiger charge is 2.08. The molecule has 0 amide bonds. The second kappa shape index (κ2) is 3.81. The van der Waals surface area contributed by atoms with E-state index in [0.29, 0.717) is 6.54 Å². The Balaban J connectivity index is 2.23. The Morgan fingerprint density at radius 3 is 3.07 bits per heavy atom. The third-order valence-corrected chi connectivity index (χ3v) is 3.07. The largest absolute Gasteiger partial charge is 0.348 e. The van der Waals surface area contributed by atoms with Gasteiger partial charge in [-0.3, -0.25) is 0 Å². The predicted octanol–water partition coefficient (Wildman–Crippen LogP) is 1.70. The summed E-state index contributed by atoms with van der Waals surface area (Å²) in [5.41, 5.74) is 5.53. The van der Waals surface area contributed by atoms with Crippen molar-refractivity contribution in [3.63, 3.8) is 0 Å². The Labute approximate surface area is 86.4 Å². The van der Waals surface area contributed by atoms with Crippen LogP contribution in [0.4, 0.5) is 10.9 Å². The van der Waals surface area contributed by atoms with Gasteiger partial charge in [0.25, 0.3) is 0 Å². The van der Waals surface area contributed by atoms with Crippen molar-refractivity contribution in [3.8, 4) is 0 Å². The molecule has 74 valence electrons. The molecule has 3 N–H and O–H groups in total. The van der Waals surface area contributed by atoms with Crippen LogP contribution in [0, 0.1) is 0 Å². The lowest BCUT2D eigenvalue weighted by Crippen LogP contribution is -2.08. The zero-order valence-electron chi connectivity index (χ0n) is 7.90. The number of H-pyrrole nitrogens is 1. The minimum atomic E-state index is 0.552. The summed E-state index contributed by atoms with van der Waals surface area (Å²) in [6.07, 6.45) is 3.71. The van der Waals surface area contributed by atoms with Crippen molar-refractivity contribution in [2.24, 2.45) is 5.73 Å². The average molecular weight is 208 g/mol. The fourth-order valence-corrected chi connectivity index (χ4v) is 1.94. The molecule has 0 aliphatic rings. The van der Waals surface area contributed by atoms with Crippen LogP contribution in [0.3, 0.4) is 0 Å². The van der Waals surface area contributed by atoms with Crippen LogP contribution >= 0.6 is 11.3 Å². The smallest absolute Gasteiger partial charge is 0.190 e. The average Bonchev–Trinajstić information content (AvgIpc) is 2.88. The van der Waals surface area contributed by atoms with E-state index in [0.717, 1.165) is 15.8 Å². The molecule has 0 saturated carbocycles. The molecule has 0 atom stereocenters. The molecule has 4 nitrogen and oxygen atoms in total. The molecule has 0 spiro atoms. The Bertz CT molecular complexity index is 393. The van der Waals surface area contributed by atoms with E-state index >= 15 is 0 Å². The number of nitrogens with two attached hydrogens (primary N) is 1. The summed E-state index contributed by atoms with van der Waals surface area (Å²) in [5.74, 6) is 1.03. The number of thiazole rings is 1. The molecule has 0 saturated heterocycles. The van der Waals surface area contributed by atoms with Crippen molar-refractivity contribution in [3.05, 3.63) is 29.4 Å². The standard InChI is InChI=1S/C9H12N4S/c1-13(8-3-2-4-11-8)9-12-6-7(5-10)14-9/h2-4,6,11H,5,10H2,1H3. The molecule has 5 heteroatoms. The van der Waals surface area contributed by atoms with E-state index in [9.17, 15) is 0 Å². The summed E-state index contributed by atoms with van der Waals surface area (Å²) >= 11 is 1.61. The van der Waals surface area contributed by atoms with Gasteiger partial charge in [0, 0.05) is 30.9 Å². The van der Waals surface area contributed by atoms with E-state index in [1.54, 1.807) is 11.3 Å². The van der Waals surface area contributed by atoms with Gasteiger partial charge in [-0.2, -0.15) is 0 Å². The Morgan fingerprint density at radius 1 is 1.64 bits per heavy atom. The Hall–Kier alpha value is -1.33. The Morgan fingerprint density at radius 2 is 2.50 bits per heavy atom. The first-order valence-corrected chi connectivity index (χ1v) is 5.15. The zero-order chi connectivity index (χ0) is 9.97. The number of nitrogens with zero attached hydrogens (tertiary/aromatic N) is 2. The highest BCUT2D eigenvalue weighted by Crippen LogP contribution is 2.26. The minimum absolute atomic E-state index is 0.552. The minimum Gasteiger partial charge on any atom is -0.348 e. The van der Waals surface area contributed by atoms with Crippen LogP contribution < -0.4 is 10.6 Å². The van der Waals surface area contributed by atoms with Gasteiger partial charge >= 0.3 is 0 Å². The highest BCUT2D eigenvalue weighted by atomic mass is 32.1. The van der Waals surface area contributed by atoms with Gasteiger partial charge in [0.05, 0.1) is 0 Å². The predicted molar refractivity (Wildman–Crippen MR) is 58.9 cm³/mol. The van der Waals surface area contributed by atoms with Crippen LogP contribution in [-0.4, -0.2) is 17.0 Å². The quantitative estimate of drug-likeness (QED) is 0.807. The van der Waals surface area contributed by atoms with Crippen LogP contribution in [0.15, 0.2) is 24.5 Å². The van der Waals surface area contributed by atoms with Gasteiger partial charge in [0.1, 0.15) is 5.82 Å².